The average Bonchev–Trinajstić information content (AvgIpc) is 2.91. The van der Waals surface area contributed by atoms with E-state index in [-0.39, 0.29) is 0 Å². The second kappa shape index (κ2) is 4.39. The number of fused-ring (bicyclic) bond motifs is 1. The maximum Gasteiger partial charge on any atom is 0.201 e. The molecule has 17 heavy (non-hydrogen) atoms. The number of imidazole rings is 1. The molecule has 0 saturated heterocycles. The molecule has 0 atom stereocenters. The van der Waals surface area contributed by atoms with Crippen LogP contribution in [0.25, 0.3) is 11.0 Å². The Kier molecular flexibility index (Phi) is 2.74. The van der Waals surface area contributed by atoms with E-state index < -0.39 is 0 Å². The smallest absolute Gasteiger partial charge is 0.201 e. The van der Waals surface area contributed by atoms with Gasteiger partial charge in [-0.2, -0.15) is 0 Å². The van der Waals surface area contributed by atoms with Gasteiger partial charge in [0.1, 0.15) is 0 Å². The summed E-state index contributed by atoms with van der Waals surface area (Å²) in [5.74, 6) is 0.788. The first-order valence-corrected chi connectivity index (χ1v) is 6.43. The Balaban J connectivity index is 1.76. The molecular formula is C12H10ClN3S. The standard InChI is InChI=1S/C12H10ClN3S/c13-11-6-5-8(17-11)7-14-12-15-9-3-1-2-4-10(9)16-12/h1-6H,7H2,(H2,14,15,16). The lowest BCUT2D eigenvalue weighted by Gasteiger charge is -1.98. The maximum atomic E-state index is 5.87. The zero-order valence-corrected chi connectivity index (χ0v) is 10.5. The Labute approximate surface area is 107 Å². The summed E-state index contributed by atoms with van der Waals surface area (Å²) in [6, 6.07) is 11.9. The molecule has 0 unspecified atom stereocenters. The summed E-state index contributed by atoms with van der Waals surface area (Å²) in [7, 11) is 0. The number of aromatic amines is 1. The highest BCUT2D eigenvalue weighted by atomic mass is 35.5. The molecule has 0 aliphatic carbocycles. The van der Waals surface area contributed by atoms with E-state index in [1.807, 2.05) is 36.4 Å². The van der Waals surface area contributed by atoms with Gasteiger partial charge < -0.3 is 10.3 Å². The SMILES string of the molecule is Clc1ccc(CNc2nc3ccccc3[nH]2)s1. The number of benzene rings is 1. The number of nitrogens with one attached hydrogen (secondary N) is 2. The maximum absolute atomic E-state index is 5.87. The minimum atomic E-state index is 0.733. The highest BCUT2D eigenvalue weighted by Crippen LogP contribution is 2.22. The van der Waals surface area contributed by atoms with E-state index >= 15 is 0 Å². The highest BCUT2D eigenvalue weighted by Gasteiger charge is 2.02. The molecule has 0 fully saturated rings. The summed E-state index contributed by atoms with van der Waals surface area (Å²) in [5.41, 5.74) is 2.01. The van der Waals surface area contributed by atoms with Gasteiger partial charge in [0.15, 0.2) is 0 Å². The molecule has 3 aromatic rings. The van der Waals surface area contributed by atoms with Gasteiger partial charge >= 0.3 is 0 Å². The number of hydrogen-bond donors (Lipinski definition) is 2. The van der Waals surface area contributed by atoms with Crippen molar-refractivity contribution in [2.24, 2.45) is 0 Å². The zero-order chi connectivity index (χ0) is 11.7. The molecule has 2 heterocycles. The molecule has 2 N–H and O–H groups in total. The lowest BCUT2D eigenvalue weighted by Crippen LogP contribution is -1.98. The van der Waals surface area contributed by atoms with Crippen molar-refractivity contribution in [2.75, 3.05) is 5.32 Å². The molecule has 0 aliphatic rings. The van der Waals surface area contributed by atoms with Crippen LogP contribution < -0.4 is 5.32 Å². The summed E-state index contributed by atoms with van der Waals surface area (Å²) in [5, 5.41) is 3.25. The molecule has 0 bridgehead atoms. The molecule has 0 aliphatic heterocycles. The van der Waals surface area contributed by atoms with Gasteiger partial charge in [-0.1, -0.05) is 23.7 Å². The van der Waals surface area contributed by atoms with Gasteiger partial charge in [0.25, 0.3) is 0 Å². The fourth-order valence-electron chi connectivity index (χ4n) is 1.65. The molecule has 3 rings (SSSR count). The lowest BCUT2D eigenvalue weighted by atomic mass is 10.3. The molecule has 2 aromatic heterocycles. The van der Waals surface area contributed by atoms with Crippen LogP contribution in [-0.4, -0.2) is 9.97 Å². The summed E-state index contributed by atoms with van der Waals surface area (Å²) in [6.45, 7) is 0.733. The van der Waals surface area contributed by atoms with E-state index in [4.69, 9.17) is 11.6 Å². The Bertz CT molecular complexity index is 611. The van der Waals surface area contributed by atoms with Crippen molar-refractivity contribution in [3.05, 3.63) is 45.6 Å². The van der Waals surface area contributed by atoms with Gasteiger partial charge in [0, 0.05) is 4.88 Å². The number of thiophene rings is 1. The molecule has 0 radical (unpaired) electrons. The molecule has 3 nitrogen and oxygen atoms in total. The van der Waals surface area contributed by atoms with E-state index in [9.17, 15) is 0 Å². The van der Waals surface area contributed by atoms with Gasteiger partial charge in [-0.05, 0) is 24.3 Å². The first-order valence-electron chi connectivity index (χ1n) is 5.24. The van der Waals surface area contributed by atoms with Crippen molar-refractivity contribution in [1.82, 2.24) is 9.97 Å². The number of H-pyrrole nitrogens is 1. The summed E-state index contributed by atoms with van der Waals surface area (Å²) in [4.78, 5) is 8.85. The van der Waals surface area contributed by atoms with Gasteiger partial charge in [-0.25, -0.2) is 4.98 Å². The van der Waals surface area contributed by atoms with E-state index in [0.29, 0.717) is 0 Å². The Hall–Kier alpha value is -1.52. The predicted octanol–water partition coefficient (Wildman–Crippen LogP) is 3.89. The van der Waals surface area contributed by atoms with E-state index in [1.165, 1.54) is 4.88 Å². The normalized spacial score (nSPS) is 10.9. The number of nitrogens with zero attached hydrogens (tertiary/aromatic N) is 1. The number of para-hydroxylation sites is 2. The van der Waals surface area contributed by atoms with Gasteiger partial charge in [-0.3, -0.25) is 0 Å². The van der Waals surface area contributed by atoms with Gasteiger partial charge in [-0.15, -0.1) is 11.3 Å². The Morgan fingerprint density at radius 2 is 2.12 bits per heavy atom. The lowest BCUT2D eigenvalue weighted by molar-refractivity contribution is 1.13. The van der Waals surface area contributed by atoms with Crippen molar-refractivity contribution >= 4 is 39.9 Å². The van der Waals surface area contributed by atoms with Crippen LogP contribution in [0.4, 0.5) is 5.95 Å². The summed E-state index contributed by atoms with van der Waals surface area (Å²) < 4.78 is 0.811. The van der Waals surface area contributed by atoms with E-state index in [0.717, 1.165) is 27.9 Å². The Morgan fingerprint density at radius 3 is 2.88 bits per heavy atom. The number of anilines is 1. The predicted molar refractivity (Wildman–Crippen MR) is 72.7 cm³/mol. The van der Waals surface area contributed by atoms with Crippen molar-refractivity contribution < 1.29 is 0 Å². The average molecular weight is 264 g/mol. The van der Waals surface area contributed by atoms with Crippen LogP contribution in [-0.2, 0) is 6.54 Å². The minimum absolute atomic E-state index is 0.733. The summed E-state index contributed by atoms with van der Waals surface area (Å²) >= 11 is 7.45. The van der Waals surface area contributed by atoms with Crippen molar-refractivity contribution in [1.29, 1.82) is 0 Å². The van der Waals surface area contributed by atoms with Crippen LogP contribution in [0.15, 0.2) is 36.4 Å². The van der Waals surface area contributed by atoms with Crippen molar-refractivity contribution in [3.8, 4) is 0 Å². The molecular weight excluding hydrogens is 254 g/mol. The van der Waals surface area contributed by atoms with Crippen LogP contribution in [0.1, 0.15) is 4.88 Å². The zero-order valence-electron chi connectivity index (χ0n) is 8.90. The minimum Gasteiger partial charge on any atom is -0.351 e. The van der Waals surface area contributed by atoms with Crippen molar-refractivity contribution in [3.63, 3.8) is 0 Å². The van der Waals surface area contributed by atoms with Crippen LogP contribution in [0.5, 0.6) is 0 Å². The fraction of sp³-hybridized carbons (Fsp3) is 0.0833. The van der Waals surface area contributed by atoms with Gasteiger partial charge in [0.05, 0.1) is 21.9 Å². The third-order valence-corrected chi connectivity index (χ3v) is 3.68. The Morgan fingerprint density at radius 1 is 1.24 bits per heavy atom. The highest BCUT2D eigenvalue weighted by molar-refractivity contribution is 7.16. The quantitative estimate of drug-likeness (QED) is 0.753. The third-order valence-electron chi connectivity index (χ3n) is 2.45. The number of halogens is 1. The molecule has 0 amide bonds. The van der Waals surface area contributed by atoms with Crippen molar-refractivity contribution in [2.45, 2.75) is 6.54 Å². The number of hydrogen-bond acceptors (Lipinski definition) is 3. The third kappa shape index (κ3) is 2.28. The molecule has 0 spiro atoms. The fourth-order valence-corrected chi connectivity index (χ4v) is 2.68. The second-order valence-electron chi connectivity index (χ2n) is 3.66. The van der Waals surface area contributed by atoms with Crippen LogP contribution in [0, 0.1) is 0 Å². The van der Waals surface area contributed by atoms with Crippen LogP contribution in [0.3, 0.4) is 0 Å². The monoisotopic (exact) mass is 263 g/mol. The topological polar surface area (TPSA) is 40.7 Å². The first kappa shape index (κ1) is 10.6. The number of aromatic nitrogens is 2. The van der Waals surface area contributed by atoms with Crippen LogP contribution in [0.2, 0.25) is 4.34 Å². The van der Waals surface area contributed by atoms with E-state index in [2.05, 4.69) is 15.3 Å². The molecule has 0 saturated carbocycles. The van der Waals surface area contributed by atoms with E-state index in [1.54, 1.807) is 11.3 Å². The first-order chi connectivity index (χ1) is 8.31. The molecule has 5 heteroatoms. The van der Waals surface area contributed by atoms with Gasteiger partial charge in [0.2, 0.25) is 5.95 Å². The van der Waals surface area contributed by atoms with Crippen LogP contribution >= 0.6 is 22.9 Å². The molecule has 86 valence electrons. The number of rotatable bonds is 3. The second-order valence-corrected chi connectivity index (χ2v) is 5.46. The summed E-state index contributed by atoms with van der Waals surface area (Å²) in [6.07, 6.45) is 0. The molecule has 1 aromatic carbocycles. The largest absolute Gasteiger partial charge is 0.351 e.